The highest BCUT2D eigenvalue weighted by Crippen LogP contribution is 2.14. The van der Waals surface area contributed by atoms with Gasteiger partial charge in [-0.05, 0) is 32.4 Å². The van der Waals surface area contributed by atoms with Gasteiger partial charge in [0.1, 0.15) is 5.54 Å². The highest BCUT2D eigenvalue weighted by Gasteiger charge is 2.30. The minimum Gasteiger partial charge on any atom is -0.488 e. The van der Waals surface area contributed by atoms with E-state index in [1.54, 1.807) is 12.1 Å². The lowest BCUT2D eigenvalue weighted by atomic mass is 10.1. The molecule has 0 unspecified atom stereocenters. The first-order chi connectivity index (χ1) is 8.91. The van der Waals surface area contributed by atoms with Crippen molar-refractivity contribution in [3.63, 3.8) is 0 Å². The van der Waals surface area contributed by atoms with Gasteiger partial charge in [0.15, 0.2) is 5.75 Å². The number of unbranched alkanes of at least 4 members (excludes halogenated alkanes) is 2. The van der Waals surface area contributed by atoms with Gasteiger partial charge >= 0.3 is 5.97 Å². The van der Waals surface area contributed by atoms with Crippen molar-refractivity contribution in [1.82, 2.24) is 4.57 Å². The third kappa shape index (κ3) is 3.59. The normalized spacial score (nSPS) is 11.3. The Morgan fingerprint density at radius 2 is 2.11 bits per heavy atom. The Morgan fingerprint density at radius 3 is 2.68 bits per heavy atom. The van der Waals surface area contributed by atoms with Crippen molar-refractivity contribution < 1.29 is 14.6 Å². The van der Waals surface area contributed by atoms with Crippen LogP contribution in [0.25, 0.3) is 0 Å². The molecule has 1 heterocycles. The monoisotopic (exact) mass is 267 g/mol. The quantitative estimate of drug-likeness (QED) is 0.769. The Morgan fingerprint density at radius 1 is 1.42 bits per heavy atom. The van der Waals surface area contributed by atoms with Gasteiger partial charge in [-0.3, -0.25) is 9.36 Å². The molecule has 106 valence electrons. The standard InChI is InChI=1S/C14H21NO4/c1-4-5-6-10-19-11-8-7-9-15(12(11)16)14(2,3)13(17)18/h7-9H,4-6,10H2,1-3H3,(H,17,18). The number of carbonyl (C=O) groups is 1. The molecular formula is C14H21NO4. The Bertz CT molecular complexity index is 490. The molecule has 5 heteroatoms. The molecule has 0 saturated carbocycles. The Labute approximate surface area is 112 Å². The third-order valence-corrected chi connectivity index (χ3v) is 3.04. The highest BCUT2D eigenvalue weighted by atomic mass is 16.5. The number of hydrogen-bond acceptors (Lipinski definition) is 3. The summed E-state index contributed by atoms with van der Waals surface area (Å²) in [6.07, 6.45) is 4.47. The zero-order valence-corrected chi connectivity index (χ0v) is 11.7. The molecule has 0 spiro atoms. The average molecular weight is 267 g/mol. The van der Waals surface area contributed by atoms with E-state index in [9.17, 15) is 9.59 Å². The fourth-order valence-electron chi connectivity index (χ4n) is 1.66. The molecule has 1 aromatic heterocycles. The number of nitrogens with zero attached hydrogens (tertiary/aromatic N) is 1. The van der Waals surface area contributed by atoms with Gasteiger partial charge in [0.25, 0.3) is 5.56 Å². The molecule has 19 heavy (non-hydrogen) atoms. The predicted molar refractivity (Wildman–Crippen MR) is 72.7 cm³/mol. The molecule has 0 bridgehead atoms. The fourth-order valence-corrected chi connectivity index (χ4v) is 1.66. The summed E-state index contributed by atoms with van der Waals surface area (Å²) >= 11 is 0. The summed E-state index contributed by atoms with van der Waals surface area (Å²) in [5, 5.41) is 9.16. The summed E-state index contributed by atoms with van der Waals surface area (Å²) < 4.78 is 6.61. The van der Waals surface area contributed by atoms with Crippen molar-refractivity contribution in [1.29, 1.82) is 0 Å². The number of ether oxygens (including phenoxy) is 1. The number of pyridine rings is 1. The van der Waals surface area contributed by atoms with E-state index < -0.39 is 17.1 Å². The molecule has 0 radical (unpaired) electrons. The van der Waals surface area contributed by atoms with E-state index in [0.29, 0.717) is 6.61 Å². The Hall–Kier alpha value is -1.78. The number of carboxylic acid groups (broad SMARTS) is 1. The summed E-state index contributed by atoms with van der Waals surface area (Å²) in [4.78, 5) is 23.3. The number of hydrogen-bond donors (Lipinski definition) is 1. The molecule has 0 amide bonds. The predicted octanol–water partition coefficient (Wildman–Crippen LogP) is 2.24. The zero-order chi connectivity index (χ0) is 14.5. The largest absolute Gasteiger partial charge is 0.488 e. The molecule has 1 aromatic rings. The molecule has 5 nitrogen and oxygen atoms in total. The van der Waals surface area contributed by atoms with Crippen molar-refractivity contribution in [2.75, 3.05) is 6.61 Å². The second-order valence-corrected chi connectivity index (χ2v) is 4.97. The first-order valence-electron chi connectivity index (χ1n) is 6.49. The van der Waals surface area contributed by atoms with Crippen LogP contribution in [0.4, 0.5) is 0 Å². The van der Waals surface area contributed by atoms with Gasteiger partial charge in [0.05, 0.1) is 6.61 Å². The van der Waals surface area contributed by atoms with E-state index in [1.807, 2.05) is 0 Å². The van der Waals surface area contributed by atoms with E-state index in [4.69, 9.17) is 9.84 Å². The Balaban J connectivity index is 2.93. The SMILES string of the molecule is CCCCCOc1cccn(C(C)(C)C(=O)O)c1=O. The minimum atomic E-state index is -1.29. The second kappa shape index (κ2) is 6.41. The summed E-state index contributed by atoms with van der Waals surface area (Å²) in [5.41, 5.74) is -1.70. The maximum atomic E-state index is 12.2. The maximum Gasteiger partial charge on any atom is 0.329 e. The van der Waals surface area contributed by atoms with E-state index >= 15 is 0 Å². The minimum absolute atomic E-state index is 0.202. The van der Waals surface area contributed by atoms with Crippen molar-refractivity contribution in [2.45, 2.75) is 45.6 Å². The molecule has 0 aliphatic carbocycles. The van der Waals surface area contributed by atoms with E-state index in [2.05, 4.69) is 6.92 Å². The van der Waals surface area contributed by atoms with Crippen LogP contribution in [0, 0.1) is 0 Å². The van der Waals surface area contributed by atoms with Crippen LogP contribution in [0.5, 0.6) is 5.75 Å². The van der Waals surface area contributed by atoms with Crippen LogP contribution in [0.3, 0.4) is 0 Å². The van der Waals surface area contributed by atoms with Gasteiger partial charge in [0, 0.05) is 6.20 Å². The highest BCUT2D eigenvalue weighted by molar-refractivity contribution is 5.75. The summed E-state index contributed by atoms with van der Waals surface area (Å²) in [6.45, 7) is 5.53. The topological polar surface area (TPSA) is 68.5 Å². The van der Waals surface area contributed by atoms with Gasteiger partial charge in [0.2, 0.25) is 0 Å². The lowest BCUT2D eigenvalue weighted by Crippen LogP contribution is -2.42. The summed E-state index contributed by atoms with van der Waals surface area (Å²) in [7, 11) is 0. The van der Waals surface area contributed by atoms with Crippen LogP contribution < -0.4 is 10.3 Å². The molecule has 0 atom stereocenters. The summed E-state index contributed by atoms with van der Waals surface area (Å²) in [6, 6.07) is 3.20. The molecule has 0 aromatic carbocycles. The molecule has 0 aliphatic rings. The maximum absolute atomic E-state index is 12.2. The van der Waals surface area contributed by atoms with Crippen LogP contribution in [-0.4, -0.2) is 22.2 Å². The van der Waals surface area contributed by atoms with E-state index in [0.717, 1.165) is 19.3 Å². The van der Waals surface area contributed by atoms with Gasteiger partial charge < -0.3 is 9.84 Å². The molecular weight excluding hydrogens is 246 g/mol. The van der Waals surface area contributed by atoms with Crippen molar-refractivity contribution in [3.8, 4) is 5.75 Å². The number of carboxylic acids is 1. The fraction of sp³-hybridized carbons (Fsp3) is 0.571. The first-order valence-corrected chi connectivity index (χ1v) is 6.49. The van der Waals surface area contributed by atoms with Crippen LogP contribution in [0.2, 0.25) is 0 Å². The van der Waals surface area contributed by atoms with Crippen molar-refractivity contribution in [2.24, 2.45) is 0 Å². The molecule has 1 N–H and O–H groups in total. The molecule has 1 rings (SSSR count). The smallest absolute Gasteiger partial charge is 0.329 e. The average Bonchev–Trinajstić information content (AvgIpc) is 2.36. The molecule has 0 aliphatic heterocycles. The van der Waals surface area contributed by atoms with Gasteiger partial charge in [-0.15, -0.1) is 0 Å². The number of rotatable bonds is 7. The Kier molecular flexibility index (Phi) is 5.15. The third-order valence-electron chi connectivity index (χ3n) is 3.04. The summed E-state index contributed by atoms with van der Waals surface area (Å²) in [5.74, 6) is -0.856. The lowest BCUT2D eigenvalue weighted by Gasteiger charge is -2.22. The van der Waals surface area contributed by atoms with Crippen LogP contribution >= 0.6 is 0 Å². The first kappa shape index (κ1) is 15.3. The molecule has 0 saturated heterocycles. The van der Waals surface area contributed by atoms with E-state index in [-0.39, 0.29) is 5.75 Å². The van der Waals surface area contributed by atoms with Crippen molar-refractivity contribution >= 4 is 5.97 Å². The van der Waals surface area contributed by atoms with Gasteiger partial charge in [-0.25, -0.2) is 4.79 Å². The van der Waals surface area contributed by atoms with Crippen LogP contribution in [-0.2, 0) is 10.3 Å². The van der Waals surface area contributed by atoms with Crippen molar-refractivity contribution in [3.05, 3.63) is 28.7 Å². The second-order valence-electron chi connectivity index (χ2n) is 4.97. The van der Waals surface area contributed by atoms with Crippen LogP contribution in [0.15, 0.2) is 23.1 Å². The van der Waals surface area contributed by atoms with Gasteiger partial charge in [-0.2, -0.15) is 0 Å². The molecule has 0 fully saturated rings. The number of aliphatic carboxylic acids is 1. The van der Waals surface area contributed by atoms with Gasteiger partial charge in [-0.1, -0.05) is 19.8 Å². The van der Waals surface area contributed by atoms with Crippen LogP contribution in [0.1, 0.15) is 40.0 Å². The zero-order valence-electron chi connectivity index (χ0n) is 11.7. The lowest BCUT2D eigenvalue weighted by molar-refractivity contribution is -0.145. The van der Waals surface area contributed by atoms with E-state index in [1.165, 1.54) is 24.6 Å². The number of aromatic nitrogens is 1.